The minimum atomic E-state index is -0.0106. The van der Waals surface area contributed by atoms with Gasteiger partial charge in [-0.3, -0.25) is 9.78 Å². The summed E-state index contributed by atoms with van der Waals surface area (Å²) in [4.78, 5) is 17.4. The lowest BCUT2D eigenvalue weighted by molar-refractivity contribution is 0.0991. The van der Waals surface area contributed by atoms with E-state index in [1.54, 1.807) is 16.9 Å². The van der Waals surface area contributed by atoms with Gasteiger partial charge in [0.25, 0.3) is 0 Å². The van der Waals surface area contributed by atoms with E-state index in [0.717, 1.165) is 28.0 Å². The Bertz CT molecular complexity index is 1120. The Balaban J connectivity index is 1.63. The number of hydrogen-bond acceptors (Lipinski definition) is 3. The zero-order valence-electron chi connectivity index (χ0n) is 14.2. The number of hydrogen-bond donors (Lipinski definition) is 0. The molecule has 4 aromatic rings. The van der Waals surface area contributed by atoms with Crippen LogP contribution < -0.4 is 0 Å². The van der Waals surface area contributed by atoms with Crippen molar-refractivity contribution in [3.05, 3.63) is 88.8 Å². The third-order valence-electron chi connectivity index (χ3n) is 4.39. The number of benzene rings is 2. The number of halogens is 1. The molecule has 26 heavy (non-hydrogen) atoms. The molecule has 0 spiro atoms. The number of ketones is 1. The van der Waals surface area contributed by atoms with Gasteiger partial charge >= 0.3 is 0 Å². The molecule has 0 saturated carbocycles. The van der Waals surface area contributed by atoms with Crippen molar-refractivity contribution in [2.24, 2.45) is 0 Å². The molecule has 0 N–H and O–H groups in total. The quantitative estimate of drug-likeness (QED) is 0.490. The highest BCUT2D eigenvalue weighted by Gasteiger charge is 2.17. The SMILES string of the molecule is Cc1c(C(=O)Cc2ccc3ccccc3n2)cnn1-c1ccccc1Cl. The molecule has 0 fully saturated rings. The standard InChI is InChI=1S/C21H16ClN3O/c1-14-17(13-23-25(14)20-9-5-3-7-18(20)22)21(26)12-16-11-10-15-6-2-4-8-19(15)24-16/h2-11,13H,12H2,1H3. The van der Waals surface area contributed by atoms with Crippen LogP contribution in [-0.4, -0.2) is 20.5 Å². The fourth-order valence-electron chi connectivity index (χ4n) is 3.02. The van der Waals surface area contributed by atoms with E-state index in [1.807, 2.05) is 61.5 Å². The zero-order chi connectivity index (χ0) is 18.1. The van der Waals surface area contributed by atoms with E-state index in [9.17, 15) is 4.79 Å². The van der Waals surface area contributed by atoms with Crippen molar-refractivity contribution in [3.8, 4) is 5.69 Å². The molecule has 2 heterocycles. The largest absolute Gasteiger partial charge is 0.294 e. The van der Waals surface area contributed by atoms with Gasteiger partial charge in [0.05, 0.1) is 40.1 Å². The van der Waals surface area contributed by atoms with E-state index < -0.39 is 0 Å². The number of pyridine rings is 1. The molecule has 0 radical (unpaired) electrons. The molecule has 0 aliphatic carbocycles. The van der Waals surface area contributed by atoms with Crippen LogP contribution in [0, 0.1) is 6.92 Å². The number of rotatable bonds is 4. The van der Waals surface area contributed by atoms with Gasteiger partial charge in [0.1, 0.15) is 0 Å². The maximum Gasteiger partial charge on any atom is 0.172 e. The molecule has 0 aliphatic rings. The van der Waals surface area contributed by atoms with E-state index >= 15 is 0 Å². The molecule has 0 unspecified atom stereocenters. The Hall–Kier alpha value is -2.98. The van der Waals surface area contributed by atoms with Gasteiger partial charge in [-0.2, -0.15) is 5.10 Å². The summed E-state index contributed by atoms with van der Waals surface area (Å²) in [5.74, 6) is -0.0106. The second kappa shape index (κ2) is 6.73. The zero-order valence-corrected chi connectivity index (χ0v) is 14.9. The molecular formula is C21H16ClN3O. The van der Waals surface area contributed by atoms with Crippen molar-refractivity contribution < 1.29 is 4.79 Å². The third kappa shape index (κ3) is 3.00. The summed E-state index contributed by atoms with van der Waals surface area (Å²) in [5.41, 5.74) is 3.75. The first-order valence-electron chi connectivity index (χ1n) is 8.31. The fourth-order valence-corrected chi connectivity index (χ4v) is 3.23. The smallest absolute Gasteiger partial charge is 0.172 e. The van der Waals surface area contributed by atoms with Crippen LogP contribution in [0.1, 0.15) is 21.7 Å². The minimum absolute atomic E-state index is 0.0106. The summed E-state index contributed by atoms with van der Waals surface area (Å²) in [6.07, 6.45) is 1.84. The highest BCUT2D eigenvalue weighted by atomic mass is 35.5. The highest BCUT2D eigenvalue weighted by Crippen LogP contribution is 2.23. The Kier molecular flexibility index (Phi) is 4.27. The Morgan fingerprint density at radius 2 is 1.81 bits per heavy atom. The first-order chi connectivity index (χ1) is 12.6. The third-order valence-corrected chi connectivity index (χ3v) is 4.71. The van der Waals surface area contributed by atoms with Gasteiger partial charge in [-0.05, 0) is 31.2 Å². The normalized spacial score (nSPS) is 11.0. The van der Waals surface area contributed by atoms with Crippen molar-refractivity contribution in [1.29, 1.82) is 0 Å². The van der Waals surface area contributed by atoms with Gasteiger partial charge in [-0.15, -0.1) is 0 Å². The molecule has 4 rings (SSSR count). The molecule has 0 aliphatic heterocycles. The molecule has 0 bridgehead atoms. The van der Waals surface area contributed by atoms with Crippen molar-refractivity contribution in [2.45, 2.75) is 13.3 Å². The van der Waals surface area contributed by atoms with E-state index in [-0.39, 0.29) is 12.2 Å². The number of carbonyl (C=O) groups is 1. The molecule has 0 saturated heterocycles. The molecule has 2 aromatic heterocycles. The average molecular weight is 362 g/mol. The topological polar surface area (TPSA) is 47.8 Å². The fraction of sp³-hybridized carbons (Fsp3) is 0.0952. The van der Waals surface area contributed by atoms with Crippen LogP contribution in [0.25, 0.3) is 16.6 Å². The summed E-state index contributed by atoms with van der Waals surface area (Å²) in [5, 5.41) is 6.00. The number of fused-ring (bicyclic) bond motifs is 1. The second-order valence-electron chi connectivity index (χ2n) is 6.10. The van der Waals surface area contributed by atoms with E-state index in [4.69, 9.17) is 11.6 Å². The van der Waals surface area contributed by atoms with Gasteiger partial charge in [-0.1, -0.05) is 48.0 Å². The number of nitrogens with zero attached hydrogens (tertiary/aromatic N) is 3. The summed E-state index contributed by atoms with van der Waals surface area (Å²) < 4.78 is 1.70. The predicted molar refractivity (Wildman–Crippen MR) is 103 cm³/mol. The van der Waals surface area contributed by atoms with Crippen LogP contribution in [0.5, 0.6) is 0 Å². The van der Waals surface area contributed by atoms with Crippen molar-refractivity contribution in [1.82, 2.24) is 14.8 Å². The van der Waals surface area contributed by atoms with Crippen LogP contribution in [-0.2, 0) is 6.42 Å². The molecular weight excluding hydrogens is 346 g/mol. The highest BCUT2D eigenvalue weighted by molar-refractivity contribution is 6.32. The van der Waals surface area contributed by atoms with Crippen LogP contribution >= 0.6 is 11.6 Å². The molecule has 0 amide bonds. The molecule has 128 valence electrons. The monoisotopic (exact) mass is 361 g/mol. The lowest BCUT2D eigenvalue weighted by Gasteiger charge is -2.07. The first kappa shape index (κ1) is 16.5. The lowest BCUT2D eigenvalue weighted by atomic mass is 10.1. The van der Waals surface area contributed by atoms with Gasteiger partial charge < -0.3 is 0 Å². The second-order valence-corrected chi connectivity index (χ2v) is 6.51. The molecule has 0 atom stereocenters. The molecule has 4 nitrogen and oxygen atoms in total. The minimum Gasteiger partial charge on any atom is -0.294 e. The van der Waals surface area contributed by atoms with Crippen LogP contribution in [0.15, 0.2) is 66.9 Å². The number of carbonyl (C=O) groups excluding carboxylic acids is 1. The predicted octanol–water partition coefficient (Wildman–Crippen LogP) is 4.81. The van der Waals surface area contributed by atoms with Crippen molar-refractivity contribution in [2.75, 3.05) is 0 Å². The Labute approximate surface area is 156 Å². The number of aromatic nitrogens is 3. The van der Waals surface area contributed by atoms with Crippen LogP contribution in [0.3, 0.4) is 0 Å². The first-order valence-corrected chi connectivity index (χ1v) is 8.68. The maximum absolute atomic E-state index is 12.8. The van der Waals surface area contributed by atoms with Gasteiger partial charge in [0, 0.05) is 11.1 Å². The Morgan fingerprint density at radius 1 is 1.04 bits per heavy atom. The summed E-state index contributed by atoms with van der Waals surface area (Å²) >= 11 is 6.25. The van der Waals surface area contributed by atoms with Crippen LogP contribution in [0.2, 0.25) is 5.02 Å². The molecule has 2 aromatic carbocycles. The van der Waals surface area contributed by atoms with Gasteiger partial charge in [-0.25, -0.2) is 4.68 Å². The molecule has 5 heteroatoms. The van der Waals surface area contributed by atoms with Crippen molar-refractivity contribution in [3.63, 3.8) is 0 Å². The Morgan fingerprint density at radius 3 is 2.65 bits per heavy atom. The summed E-state index contributed by atoms with van der Waals surface area (Å²) in [7, 11) is 0. The summed E-state index contributed by atoms with van der Waals surface area (Å²) in [6.45, 7) is 1.87. The number of Topliss-reactive ketones (excluding diaryl/α,β-unsaturated/α-hetero) is 1. The average Bonchev–Trinajstić information content (AvgIpc) is 3.03. The lowest BCUT2D eigenvalue weighted by Crippen LogP contribution is -2.07. The van der Waals surface area contributed by atoms with Gasteiger partial charge in [0.15, 0.2) is 5.78 Å². The van der Waals surface area contributed by atoms with E-state index in [2.05, 4.69) is 10.1 Å². The van der Waals surface area contributed by atoms with Crippen molar-refractivity contribution >= 4 is 28.3 Å². The van der Waals surface area contributed by atoms with Gasteiger partial charge in [0.2, 0.25) is 0 Å². The van der Waals surface area contributed by atoms with E-state index in [0.29, 0.717) is 10.6 Å². The van der Waals surface area contributed by atoms with Crippen LogP contribution in [0.4, 0.5) is 0 Å². The summed E-state index contributed by atoms with van der Waals surface area (Å²) in [6, 6.07) is 19.2. The maximum atomic E-state index is 12.8. The number of para-hydroxylation sites is 2. The van der Waals surface area contributed by atoms with E-state index in [1.165, 1.54) is 0 Å².